The third-order valence-electron chi connectivity index (χ3n) is 4.94. The molecule has 1 atom stereocenters. The van der Waals surface area contributed by atoms with Gasteiger partial charge in [0.15, 0.2) is 0 Å². The Balaban J connectivity index is 1.59. The molecule has 5 nitrogen and oxygen atoms in total. The molecule has 0 bridgehead atoms. The van der Waals surface area contributed by atoms with Gasteiger partial charge in [-0.2, -0.15) is 0 Å². The number of para-hydroxylation sites is 1. The Morgan fingerprint density at radius 3 is 2.27 bits per heavy atom. The van der Waals surface area contributed by atoms with Crippen molar-refractivity contribution < 1.29 is 14.3 Å². The number of carbonyl (C=O) groups excluding carboxylic acids is 1. The van der Waals surface area contributed by atoms with E-state index in [1.54, 1.807) is 19.2 Å². The van der Waals surface area contributed by atoms with Crippen molar-refractivity contribution in [1.29, 1.82) is 0 Å². The lowest BCUT2D eigenvalue weighted by molar-refractivity contribution is 0.0941. The first-order valence-corrected chi connectivity index (χ1v) is 9.93. The average Bonchev–Trinajstić information content (AvgIpc) is 2.79. The van der Waals surface area contributed by atoms with Gasteiger partial charge in [0.2, 0.25) is 0 Å². The summed E-state index contributed by atoms with van der Waals surface area (Å²) in [5.74, 6) is 1.42. The highest BCUT2D eigenvalue weighted by Crippen LogP contribution is 2.27. The summed E-state index contributed by atoms with van der Waals surface area (Å²) in [5, 5.41) is 3.03. The molecule has 3 aromatic carbocycles. The van der Waals surface area contributed by atoms with Gasteiger partial charge in [-0.25, -0.2) is 0 Å². The number of rotatable bonds is 9. The molecule has 0 spiro atoms. The van der Waals surface area contributed by atoms with Crippen molar-refractivity contribution in [3.63, 3.8) is 0 Å². The van der Waals surface area contributed by atoms with Crippen LogP contribution in [0.15, 0.2) is 78.9 Å². The van der Waals surface area contributed by atoms with Gasteiger partial charge in [0.05, 0.1) is 13.2 Å². The topological polar surface area (TPSA) is 50.8 Å². The minimum Gasteiger partial charge on any atom is -0.496 e. The number of nitrogens with zero attached hydrogens (tertiary/aromatic N) is 1. The smallest absolute Gasteiger partial charge is 0.251 e. The summed E-state index contributed by atoms with van der Waals surface area (Å²) in [7, 11) is 5.63. The lowest BCUT2D eigenvalue weighted by Crippen LogP contribution is -2.34. The van der Waals surface area contributed by atoms with Gasteiger partial charge in [0.25, 0.3) is 5.91 Å². The maximum atomic E-state index is 12.6. The fourth-order valence-corrected chi connectivity index (χ4v) is 3.25. The molecule has 0 fully saturated rings. The molecule has 1 unspecified atom stereocenters. The molecule has 0 aliphatic carbocycles. The van der Waals surface area contributed by atoms with E-state index in [-0.39, 0.29) is 11.9 Å². The van der Waals surface area contributed by atoms with Gasteiger partial charge in [-0.15, -0.1) is 0 Å². The summed E-state index contributed by atoms with van der Waals surface area (Å²) in [6, 6.07) is 25.1. The van der Waals surface area contributed by atoms with Crippen molar-refractivity contribution >= 4 is 5.91 Å². The average molecular weight is 405 g/mol. The van der Waals surface area contributed by atoms with Crippen LogP contribution in [0.2, 0.25) is 0 Å². The monoisotopic (exact) mass is 404 g/mol. The molecule has 5 heteroatoms. The van der Waals surface area contributed by atoms with E-state index in [4.69, 9.17) is 9.47 Å². The molecular weight excluding hydrogens is 376 g/mol. The molecule has 3 aromatic rings. The van der Waals surface area contributed by atoms with E-state index in [0.717, 1.165) is 22.6 Å². The van der Waals surface area contributed by atoms with Crippen LogP contribution >= 0.6 is 0 Å². The van der Waals surface area contributed by atoms with Gasteiger partial charge < -0.3 is 19.7 Å². The molecule has 0 aromatic heterocycles. The van der Waals surface area contributed by atoms with Crippen molar-refractivity contribution in [2.45, 2.75) is 12.6 Å². The van der Waals surface area contributed by atoms with Crippen LogP contribution < -0.4 is 14.8 Å². The predicted molar refractivity (Wildman–Crippen MR) is 119 cm³/mol. The van der Waals surface area contributed by atoms with Crippen LogP contribution in [0.1, 0.15) is 27.5 Å². The van der Waals surface area contributed by atoms with Gasteiger partial charge in [-0.3, -0.25) is 4.79 Å². The van der Waals surface area contributed by atoms with E-state index < -0.39 is 0 Å². The zero-order valence-electron chi connectivity index (χ0n) is 17.7. The van der Waals surface area contributed by atoms with Crippen molar-refractivity contribution in [1.82, 2.24) is 10.2 Å². The Labute approximate surface area is 178 Å². The number of methoxy groups -OCH3 is 1. The first-order chi connectivity index (χ1) is 14.6. The Hall–Kier alpha value is -3.31. The van der Waals surface area contributed by atoms with Crippen molar-refractivity contribution in [3.8, 4) is 11.5 Å². The summed E-state index contributed by atoms with van der Waals surface area (Å²) < 4.78 is 11.3. The summed E-state index contributed by atoms with van der Waals surface area (Å²) in [6.45, 7) is 0.967. The molecule has 1 N–H and O–H groups in total. The van der Waals surface area contributed by atoms with E-state index in [2.05, 4.69) is 10.2 Å². The molecule has 0 saturated heterocycles. The predicted octanol–water partition coefficient (Wildman–Crippen LogP) is 4.31. The fraction of sp³-hybridized carbons (Fsp3) is 0.240. The molecule has 0 heterocycles. The number of carbonyl (C=O) groups is 1. The second-order valence-corrected chi connectivity index (χ2v) is 7.23. The van der Waals surface area contributed by atoms with Gasteiger partial charge in [-0.05, 0) is 50.0 Å². The summed E-state index contributed by atoms with van der Waals surface area (Å²) in [6.07, 6.45) is 0. The normalized spacial score (nSPS) is 11.7. The van der Waals surface area contributed by atoms with Crippen LogP contribution in [0, 0.1) is 0 Å². The molecule has 0 aliphatic heterocycles. The number of benzene rings is 3. The highest BCUT2D eigenvalue weighted by atomic mass is 16.5. The third-order valence-corrected chi connectivity index (χ3v) is 4.94. The van der Waals surface area contributed by atoms with Crippen LogP contribution in [0.4, 0.5) is 0 Å². The van der Waals surface area contributed by atoms with Crippen molar-refractivity contribution in [3.05, 3.63) is 95.6 Å². The van der Waals surface area contributed by atoms with E-state index >= 15 is 0 Å². The quantitative estimate of drug-likeness (QED) is 0.578. The van der Waals surface area contributed by atoms with Crippen LogP contribution in [0.3, 0.4) is 0 Å². The van der Waals surface area contributed by atoms with Gasteiger partial charge in [0, 0.05) is 17.7 Å². The van der Waals surface area contributed by atoms with Crippen LogP contribution in [0.5, 0.6) is 11.5 Å². The molecular formula is C25H28N2O3. The lowest BCUT2D eigenvalue weighted by Gasteiger charge is -2.26. The Bertz CT molecular complexity index is 940. The van der Waals surface area contributed by atoms with Gasteiger partial charge in [0.1, 0.15) is 18.1 Å². The molecule has 0 aliphatic rings. The Kier molecular flexibility index (Phi) is 7.46. The SMILES string of the molecule is COc1ccccc1C(CNC(=O)c1ccc(OCc2ccccc2)cc1)N(C)C. The largest absolute Gasteiger partial charge is 0.496 e. The van der Waals surface area contributed by atoms with Gasteiger partial charge >= 0.3 is 0 Å². The van der Waals surface area contributed by atoms with E-state index in [1.165, 1.54) is 0 Å². The fourth-order valence-electron chi connectivity index (χ4n) is 3.25. The summed E-state index contributed by atoms with van der Waals surface area (Å²) >= 11 is 0. The van der Waals surface area contributed by atoms with Crippen molar-refractivity contribution in [2.24, 2.45) is 0 Å². The number of nitrogens with one attached hydrogen (secondary N) is 1. The molecule has 30 heavy (non-hydrogen) atoms. The minimum absolute atomic E-state index is 0.00132. The van der Waals surface area contributed by atoms with Crippen LogP contribution in [-0.2, 0) is 6.61 Å². The number of ether oxygens (including phenoxy) is 2. The maximum absolute atomic E-state index is 12.6. The molecule has 156 valence electrons. The second-order valence-electron chi connectivity index (χ2n) is 7.23. The Morgan fingerprint density at radius 2 is 1.60 bits per heavy atom. The number of likely N-dealkylation sites (N-methyl/N-ethyl adjacent to an activating group) is 1. The summed E-state index contributed by atoms with van der Waals surface area (Å²) in [4.78, 5) is 14.7. The third kappa shape index (κ3) is 5.61. The van der Waals surface area contributed by atoms with Gasteiger partial charge in [-0.1, -0.05) is 48.5 Å². The molecule has 0 saturated carbocycles. The lowest BCUT2D eigenvalue weighted by atomic mass is 10.0. The second kappa shape index (κ2) is 10.5. The Morgan fingerprint density at radius 1 is 0.933 bits per heavy atom. The molecule has 0 radical (unpaired) electrons. The standard InChI is InChI=1S/C25H28N2O3/c1-27(2)23(22-11-7-8-12-24(22)29-3)17-26-25(28)20-13-15-21(16-14-20)30-18-19-9-5-4-6-10-19/h4-16,23H,17-18H2,1-3H3,(H,26,28). The molecule has 1 amide bonds. The number of hydrogen-bond acceptors (Lipinski definition) is 4. The summed E-state index contributed by atoms with van der Waals surface area (Å²) in [5.41, 5.74) is 2.74. The highest BCUT2D eigenvalue weighted by molar-refractivity contribution is 5.94. The first kappa shape index (κ1) is 21.4. The van der Waals surface area contributed by atoms with E-state index in [0.29, 0.717) is 18.7 Å². The van der Waals surface area contributed by atoms with E-state index in [1.807, 2.05) is 80.8 Å². The van der Waals surface area contributed by atoms with Crippen molar-refractivity contribution in [2.75, 3.05) is 27.7 Å². The minimum atomic E-state index is -0.119. The maximum Gasteiger partial charge on any atom is 0.251 e. The first-order valence-electron chi connectivity index (χ1n) is 9.93. The van der Waals surface area contributed by atoms with E-state index in [9.17, 15) is 4.79 Å². The van der Waals surface area contributed by atoms with Crippen LogP contribution in [0.25, 0.3) is 0 Å². The zero-order valence-corrected chi connectivity index (χ0v) is 17.7. The van der Waals surface area contributed by atoms with Crippen LogP contribution in [-0.4, -0.2) is 38.6 Å². The zero-order chi connectivity index (χ0) is 21.3. The molecule has 3 rings (SSSR count). The number of amides is 1. The number of hydrogen-bond donors (Lipinski definition) is 1. The highest BCUT2D eigenvalue weighted by Gasteiger charge is 2.19.